The Morgan fingerprint density at radius 1 is 0.378 bits per heavy atom. The van der Waals surface area contributed by atoms with Gasteiger partial charge in [0.15, 0.2) is 6.29 Å². The molecule has 532 valence electrons. The molecule has 0 spiro atoms. The summed E-state index contributed by atoms with van der Waals surface area (Å²) < 4.78 is 11.4. The number of carbonyl (C=O) groups excluding carboxylic acids is 1. The first kappa shape index (κ1) is 86.4. The van der Waals surface area contributed by atoms with Crippen LogP contribution < -0.4 is 5.32 Å². The molecule has 1 amide bonds. The Hall–Kier alpha value is -1.59. The third-order valence-corrected chi connectivity index (χ3v) is 19.5. The number of allylic oxidation sites excluding steroid dienone is 5. The van der Waals surface area contributed by atoms with Crippen molar-refractivity contribution in [1.29, 1.82) is 0 Å². The third kappa shape index (κ3) is 57.8. The first-order valence-corrected chi connectivity index (χ1v) is 40.2. The highest BCUT2D eigenvalue weighted by atomic mass is 16.7. The van der Waals surface area contributed by atoms with Crippen molar-refractivity contribution in [3.63, 3.8) is 0 Å². The van der Waals surface area contributed by atoms with Crippen molar-refractivity contribution in [2.75, 3.05) is 13.2 Å². The highest BCUT2D eigenvalue weighted by molar-refractivity contribution is 5.76. The summed E-state index contributed by atoms with van der Waals surface area (Å²) in [7, 11) is 0. The SMILES string of the molecule is CCCCCCC/C=C\C/C=C\CCCCCCCCCCCCCCCCCCCCCCCCCCCC(=O)NC(COC1OC(CO)C(O)C(O)C1O)C(O)/C=C/CCCCCCCCCCCCCCCCCCCCCCCCCCCCCC. The fourth-order valence-electron chi connectivity index (χ4n) is 13.2. The van der Waals surface area contributed by atoms with E-state index in [2.05, 4.69) is 43.5 Å². The molecule has 7 atom stereocenters. The molecule has 7 unspecified atom stereocenters. The average Bonchev–Trinajstić information content (AvgIpc) is 1.28. The minimum Gasteiger partial charge on any atom is -0.394 e. The van der Waals surface area contributed by atoms with E-state index < -0.39 is 49.5 Å². The van der Waals surface area contributed by atoms with Gasteiger partial charge in [-0.2, -0.15) is 0 Å². The van der Waals surface area contributed by atoms with Crippen LogP contribution in [0.15, 0.2) is 36.5 Å². The van der Waals surface area contributed by atoms with Gasteiger partial charge in [0.05, 0.1) is 25.4 Å². The second-order valence-corrected chi connectivity index (χ2v) is 28.2. The minimum absolute atomic E-state index is 0.167. The summed E-state index contributed by atoms with van der Waals surface area (Å²) in [5, 5.41) is 54.9. The van der Waals surface area contributed by atoms with Crippen molar-refractivity contribution < 1.29 is 39.8 Å². The number of unbranched alkanes of at least 4 members (excludes halogenated alkanes) is 58. The number of hydrogen-bond donors (Lipinski definition) is 6. The molecule has 9 heteroatoms. The monoisotopic (exact) mass is 1270 g/mol. The Bertz CT molecular complexity index is 1520. The molecule has 1 aliphatic heterocycles. The smallest absolute Gasteiger partial charge is 0.220 e. The molecule has 0 saturated carbocycles. The van der Waals surface area contributed by atoms with Crippen LogP contribution in [0.1, 0.15) is 418 Å². The molecule has 9 nitrogen and oxygen atoms in total. The fraction of sp³-hybridized carbons (Fsp3) is 0.914. The number of ether oxygens (including phenoxy) is 2. The maximum absolute atomic E-state index is 13.2. The number of amides is 1. The van der Waals surface area contributed by atoms with Gasteiger partial charge in [-0.1, -0.05) is 397 Å². The van der Waals surface area contributed by atoms with E-state index in [4.69, 9.17) is 9.47 Å². The average molecular weight is 1270 g/mol. The highest BCUT2D eigenvalue weighted by Gasteiger charge is 2.44. The van der Waals surface area contributed by atoms with E-state index in [-0.39, 0.29) is 12.5 Å². The molecule has 1 saturated heterocycles. The van der Waals surface area contributed by atoms with Gasteiger partial charge in [-0.3, -0.25) is 4.79 Å². The van der Waals surface area contributed by atoms with Crippen molar-refractivity contribution in [3.8, 4) is 0 Å². The Morgan fingerprint density at radius 3 is 0.956 bits per heavy atom. The van der Waals surface area contributed by atoms with Gasteiger partial charge in [0.25, 0.3) is 0 Å². The summed E-state index contributed by atoms with van der Waals surface area (Å²) in [6.07, 6.45) is 88.7. The summed E-state index contributed by atoms with van der Waals surface area (Å²) in [6, 6.07) is -0.805. The largest absolute Gasteiger partial charge is 0.394 e. The summed E-state index contributed by atoms with van der Waals surface area (Å²) in [5.74, 6) is -0.167. The van der Waals surface area contributed by atoms with Crippen LogP contribution >= 0.6 is 0 Å². The standard InChI is InChI=1S/C81H155NO8/c1-3-5-7-9-11-13-15-17-19-21-23-25-27-29-31-33-35-36-37-38-39-40-41-43-45-47-49-51-53-55-57-59-61-63-65-67-69-71-77(85)82-74(73-89-81-80(88)79(87)78(86)76(72-83)90-81)75(84)70-68-66-64-62-60-58-56-54-52-50-48-46-44-42-34-32-30-28-26-24-22-20-18-16-14-12-10-8-6-4-2/h15,17,21,23,68,70,74-76,78-81,83-84,86-88H,3-14,16,18-20,22,24-67,69,71-73H2,1-2H3,(H,82,85)/b17-15-,23-21-,70-68+. The molecule has 1 aliphatic rings. The van der Waals surface area contributed by atoms with E-state index in [1.165, 1.54) is 353 Å². The maximum atomic E-state index is 13.2. The van der Waals surface area contributed by atoms with Crippen LogP contribution in [0, 0.1) is 0 Å². The number of hydrogen-bond acceptors (Lipinski definition) is 8. The summed E-state index contributed by atoms with van der Waals surface area (Å²) in [5.41, 5.74) is 0. The van der Waals surface area contributed by atoms with Crippen molar-refractivity contribution in [3.05, 3.63) is 36.5 Å². The normalized spacial score (nSPS) is 17.9. The molecule has 0 aromatic carbocycles. The van der Waals surface area contributed by atoms with E-state index in [1.807, 2.05) is 6.08 Å². The van der Waals surface area contributed by atoms with Crippen molar-refractivity contribution >= 4 is 5.91 Å². The zero-order chi connectivity index (χ0) is 64.9. The van der Waals surface area contributed by atoms with Crippen LogP contribution in [-0.4, -0.2) is 87.5 Å². The molecule has 1 fully saturated rings. The lowest BCUT2D eigenvalue weighted by atomic mass is 9.99. The quantitative estimate of drug-likeness (QED) is 0.0261. The fourth-order valence-corrected chi connectivity index (χ4v) is 13.2. The molecule has 0 radical (unpaired) electrons. The van der Waals surface area contributed by atoms with E-state index in [9.17, 15) is 30.3 Å². The van der Waals surface area contributed by atoms with Crippen molar-refractivity contribution in [1.82, 2.24) is 5.32 Å². The van der Waals surface area contributed by atoms with Crippen molar-refractivity contribution in [2.45, 2.75) is 461 Å². The van der Waals surface area contributed by atoms with Gasteiger partial charge in [-0.05, 0) is 51.4 Å². The second-order valence-electron chi connectivity index (χ2n) is 28.2. The Kier molecular flexibility index (Phi) is 67.4. The lowest BCUT2D eigenvalue weighted by molar-refractivity contribution is -0.302. The summed E-state index contributed by atoms with van der Waals surface area (Å²) >= 11 is 0. The van der Waals surface area contributed by atoms with Crippen LogP contribution in [0.5, 0.6) is 0 Å². The molecule has 0 bridgehead atoms. The van der Waals surface area contributed by atoms with E-state index >= 15 is 0 Å². The molecule has 0 aromatic heterocycles. The van der Waals surface area contributed by atoms with Crippen LogP contribution in [-0.2, 0) is 14.3 Å². The minimum atomic E-state index is -1.57. The zero-order valence-electron chi connectivity index (χ0n) is 59.9. The van der Waals surface area contributed by atoms with E-state index in [0.717, 1.165) is 44.9 Å². The lowest BCUT2D eigenvalue weighted by Crippen LogP contribution is -2.60. The molecule has 0 aromatic rings. The van der Waals surface area contributed by atoms with Crippen LogP contribution in [0.25, 0.3) is 0 Å². The lowest BCUT2D eigenvalue weighted by Gasteiger charge is -2.40. The highest BCUT2D eigenvalue weighted by Crippen LogP contribution is 2.24. The predicted molar refractivity (Wildman–Crippen MR) is 387 cm³/mol. The maximum Gasteiger partial charge on any atom is 0.220 e. The summed E-state index contributed by atoms with van der Waals surface area (Å²) in [4.78, 5) is 13.2. The van der Waals surface area contributed by atoms with E-state index in [0.29, 0.717) is 6.42 Å². The number of carbonyl (C=O) groups is 1. The van der Waals surface area contributed by atoms with Gasteiger partial charge >= 0.3 is 0 Å². The Morgan fingerprint density at radius 2 is 0.656 bits per heavy atom. The van der Waals surface area contributed by atoms with Gasteiger partial charge in [0.2, 0.25) is 5.91 Å². The Labute approximate surface area is 559 Å². The molecule has 6 N–H and O–H groups in total. The molecule has 1 rings (SSSR count). The molecular weight excluding hydrogens is 1110 g/mol. The first-order valence-electron chi connectivity index (χ1n) is 40.2. The van der Waals surface area contributed by atoms with Crippen LogP contribution in [0.3, 0.4) is 0 Å². The van der Waals surface area contributed by atoms with Crippen LogP contribution in [0.2, 0.25) is 0 Å². The number of aliphatic hydroxyl groups excluding tert-OH is 5. The Balaban J connectivity index is 2.05. The first-order chi connectivity index (χ1) is 44.3. The van der Waals surface area contributed by atoms with Gasteiger partial charge in [0.1, 0.15) is 24.4 Å². The predicted octanol–water partition coefficient (Wildman–Crippen LogP) is 22.9. The van der Waals surface area contributed by atoms with E-state index in [1.54, 1.807) is 6.08 Å². The molecule has 0 aliphatic carbocycles. The van der Waals surface area contributed by atoms with Crippen LogP contribution in [0.4, 0.5) is 0 Å². The topological polar surface area (TPSA) is 149 Å². The zero-order valence-corrected chi connectivity index (χ0v) is 59.9. The number of rotatable bonds is 72. The second kappa shape index (κ2) is 70.2. The van der Waals surface area contributed by atoms with Crippen molar-refractivity contribution in [2.24, 2.45) is 0 Å². The number of aliphatic hydroxyl groups is 5. The molecule has 1 heterocycles. The van der Waals surface area contributed by atoms with Gasteiger partial charge in [-0.15, -0.1) is 0 Å². The summed E-state index contributed by atoms with van der Waals surface area (Å²) in [6.45, 7) is 3.84. The molecular formula is C81H155NO8. The molecule has 90 heavy (non-hydrogen) atoms. The van der Waals surface area contributed by atoms with Gasteiger partial charge < -0.3 is 40.3 Å². The van der Waals surface area contributed by atoms with Gasteiger partial charge in [0, 0.05) is 6.42 Å². The van der Waals surface area contributed by atoms with Gasteiger partial charge in [-0.25, -0.2) is 0 Å². The third-order valence-electron chi connectivity index (χ3n) is 19.5. The number of nitrogens with one attached hydrogen (secondary N) is 1.